The number of rotatable bonds is 5. The van der Waals surface area contributed by atoms with Crippen LogP contribution < -0.4 is 11.4 Å². The quantitative estimate of drug-likeness (QED) is 0.306. The van der Waals surface area contributed by atoms with Crippen molar-refractivity contribution in [2.45, 2.75) is 30.1 Å². The van der Waals surface area contributed by atoms with Gasteiger partial charge in [-0.3, -0.25) is 4.57 Å². The molecule has 0 amide bonds. The van der Waals surface area contributed by atoms with Gasteiger partial charge in [0, 0.05) is 6.54 Å². The Balaban J connectivity index is 2.38. The van der Waals surface area contributed by atoms with Crippen LogP contribution in [-0.2, 0) is 6.54 Å². The summed E-state index contributed by atoms with van der Waals surface area (Å²) in [5.74, 6) is -0.0812. The van der Waals surface area contributed by atoms with Crippen LogP contribution in [0.15, 0.2) is 32.4 Å². The molecule has 2 aromatic rings. The zero-order valence-corrected chi connectivity index (χ0v) is 11.5. The Morgan fingerprint density at radius 3 is 3.15 bits per heavy atom. The topological polar surface area (TPSA) is 135 Å². The lowest BCUT2D eigenvalue weighted by Crippen LogP contribution is -2.18. The molecule has 0 aliphatic carbocycles. The normalized spacial score (nSPS) is 11.8. The third-order valence-electron chi connectivity index (χ3n) is 2.43. The molecule has 0 fully saturated rings. The maximum Gasteiger partial charge on any atom is 0.343 e. The van der Waals surface area contributed by atoms with Crippen molar-refractivity contribution in [3.63, 3.8) is 0 Å². The van der Waals surface area contributed by atoms with Gasteiger partial charge >= 0.3 is 5.69 Å². The van der Waals surface area contributed by atoms with Gasteiger partial charge in [0.2, 0.25) is 0 Å². The van der Waals surface area contributed by atoms with Crippen LogP contribution in [0.3, 0.4) is 0 Å². The number of hydrogen-bond acceptors (Lipinski definition) is 7. The van der Waals surface area contributed by atoms with Gasteiger partial charge in [-0.15, -0.1) is 10.2 Å². The maximum absolute atomic E-state index is 11.6. The lowest BCUT2D eigenvalue weighted by Gasteiger charge is -2.06. The highest BCUT2D eigenvalue weighted by atomic mass is 32.2. The van der Waals surface area contributed by atoms with Gasteiger partial charge in [-0.25, -0.2) is 9.89 Å². The van der Waals surface area contributed by atoms with Gasteiger partial charge in [-0.05, 0) is 24.2 Å². The second-order valence-electron chi connectivity index (χ2n) is 3.80. The first kappa shape index (κ1) is 14.1. The van der Waals surface area contributed by atoms with Crippen LogP contribution in [0.2, 0.25) is 0 Å². The highest BCUT2D eigenvalue weighted by molar-refractivity contribution is 7.99. The van der Waals surface area contributed by atoms with E-state index in [2.05, 4.69) is 25.6 Å². The predicted octanol–water partition coefficient (Wildman–Crippen LogP) is 0.0171. The number of aromatic amines is 1. The molecule has 0 atom stereocenters. The van der Waals surface area contributed by atoms with Gasteiger partial charge < -0.3 is 10.9 Å². The van der Waals surface area contributed by atoms with Crippen LogP contribution in [0.5, 0.6) is 0 Å². The zero-order valence-electron chi connectivity index (χ0n) is 10.6. The van der Waals surface area contributed by atoms with Crippen LogP contribution in [0.1, 0.15) is 18.9 Å². The first-order valence-corrected chi connectivity index (χ1v) is 6.61. The molecule has 0 aromatic carbocycles. The van der Waals surface area contributed by atoms with Crippen molar-refractivity contribution in [1.29, 1.82) is 0 Å². The van der Waals surface area contributed by atoms with Gasteiger partial charge in [0.15, 0.2) is 11.0 Å². The van der Waals surface area contributed by atoms with E-state index >= 15 is 0 Å². The average Bonchev–Trinajstić information content (AvgIpc) is 2.80. The third kappa shape index (κ3) is 2.79. The Labute approximate surface area is 117 Å². The molecule has 106 valence electrons. The summed E-state index contributed by atoms with van der Waals surface area (Å²) < 4.78 is 1.50. The van der Waals surface area contributed by atoms with Gasteiger partial charge in [-0.2, -0.15) is 5.10 Å². The molecular weight excluding hydrogens is 282 g/mol. The summed E-state index contributed by atoms with van der Waals surface area (Å²) in [6, 6.07) is 1.57. The molecule has 0 bridgehead atoms. The van der Waals surface area contributed by atoms with Crippen molar-refractivity contribution in [1.82, 2.24) is 25.0 Å². The molecule has 2 rings (SSSR count). The molecule has 0 aliphatic rings. The summed E-state index contributed by atoms with van der Waals surface area (Å²) in [5.41, 5.74) is 5.71. The second kappa shape index (κ2) is 6.19. The van der Waals surface area contributed by atoms with Crippen LogP contribution in [-0.4, -0.2) is 36.0 Å². The van der Waals surface area contributed by atoms with Gasteiger partial charge in [0.05, 0.1) is 11.8 Å². The SMILES string of the molecule is CCCn1c(Sc2nnccc2/C(N)=N/O)n[nH]c1=O. The molecule has 9 nitrogen and oxygen atoms in total. The standard InChI is InChI=1S/C10H13N7O2S/c1-2-5-17-9(18)14-15-10(17)20-8-6(7(11)16-19)3-4-12-13-8/h3-4,19H,2,5H2,1H3,(H2,11,16)(H,14,18). The zero-order chi connectivity index (χ0) is 14.5. The number of amidine groups is 1. The summed E-state index contributed by atoms with van der Waals surface area (Å²) in [6.07, 6.45) is 2.22. The van der Waals surface area contributed by atoms with E-state index in [0.717, 1.165) is 18.2 Å². The number of oxime groups is 1. The van der Waals surface area contributed by atoms with Crippen molar-refractivity contribution in [3.05, 3.63) is 28.3 Å². The van der Waals surface area contributed by atoms with E-state index in [9.17, 15) is 4.79 Å². The fourth-order valence-electron chi connectivity index (χ4n) is 1.53. The van der Waals surface area contributed by atoms with E-state index in [1.807, 2.05) is 6.92 Å². The van der Waals surface area contributed by atoms with Gasteiger partial charge in [-0.1, -0.05) is 12.1 Å². The Hall–Kier alpha value is -2.36. The van der Waals surface area contributed by atoms with E-state index < -0.39 is 0 Å². The molecule has 0 unspecified atom stereocenters. The summed E-state index contributed by atoms with van der Waals surface area (Å²) in [4.78, 5) is 11.6. The molecule has 4 N–H and O–H groups in total. The molecule has 20 heavy (non-hydrogen) atoms. The monoisotopic (exact) mass is 295 g/mol. The van der Waals surface area contributed by atoms with E-state index in [0.29, 0.717) is 22.3 Å². The number of H-pyrrole nitrogens is 1. The Morgan fingerprint density at radius 1 is 1.65 bits per heavy atom. The Kier molecular flexibility index (Phi) is 4.35. The molecule has 0 radical (unpaired) electrons. The molecule has 0 aliphatic heterocycles. The number of nitrogens with two attached hydrogens (primary N) is 1. The minimum Gasteiger partial charge on any atom is -0.409 e. The smallest absolute Gasteiger partial charge is 0.343 e. The van der Waals surface area contributed by atoms with E-state index in [4.69, 9.17) is 10.9 Å². The molecule has 2 aromatic heterocycles. The minimum absolute atomic E-state index is 0.0812. The molecule has 0 saturated carbocycles. The lowest BCUT2D eigenvalue weighted by molar-refractivity contribution is 0.318. The van der Waals surface area contributed by atoms with Crippen LogP contribution >= 0.6 is 11.8 Å². The Morgan fingerprint density at radius 2 is 2.45 bits per heavy atom. The van der Waals surface area contributed by atoms with Crippen molar-refractivity contribution in [2.75, 3.05) is 0 Å². The molecule has 0 saturated heterocycles. The molecule has 0 spiro atoms. The Bertz CT molecular complexity index is 678. The number of hydrogen-bond donors (Lipinski definition) is 3. The van der Waals surface area contributed by atoms with Crippen LogP contribution in [0.25, 0.3) is 0 Å². The average molecular weight is 295 g/mol. The number of nitrogens with zero attached hydrogens (tertiary/aromatic N) is 5. The van der Waals surface area contributed by atoms with E-state index in [-0.39, 0.29) is 11.5 Å². The number of nitrogens with one attached hydrogen (secondary N) is 1. The summed E-state index contributed by atoms with van der Waals surface area (Å²) in [7, 11) is 0. The summed E-state index contributed by atoms with van der Waals surface area (Å²) >= 11 is 1.12. The van der Waals surface area contributed by atoms with Crippen LogP contribution in [0.4, 0.5) is 0 Å². The van der Waals surface area contributed by atoms with Crippen molar-refractivity contribution in [2.24, 2.45) is 10.9 Å². The minimum atomic E-state index is -0.288. The lowest BCUT2D eigenvalue weighted by atomic mass is 10.3. The van der Waals surface area contributed by atoms with Crippen molar-refractivity contribution in [3.8, 4) is 0 Å². The van der Waals surface area contributed by atoms with Gasteiger partial charge in [0.1, 0.15) is 5.03 Å². The largest absolute Gasteiger partial charge is 0.409 e. The molecule has 2 heterocycles. The maximum atomic E-state index is 11.6. The fourth-order valence-corrected chi connectivity index (χ4v) is 2.45. The first-order chi connectivity index (χ1) is 9.67. The fraction of sp³-hybridized carbons (Fsp3) is 0.300. The first-order valence-electron chi connectivity index (χ1n) is 5.80. The third-order valence-corrected chi connectivity index (χ3v) is 3.42. The second-order valence-corrected chi connectivity index (χ2v) is 4.76. The summed E-state index contributed by atoms with van der Waals surface area (Å²) in [5, 5.41) is 26.5. The summed E-state index contributed by atoms with van der Waals surface area (Å²) in [6.45, 7) is 2.49. The highest BCUT2D eigenvalue weighted by Crippen LogP contribution is 2.25. The van der Waals surface area contributed by atoms with Crippen LogP contribution in [0, 0.1) is 0 Å². The van der Waals surface area contributed by atoms with Gasteiger partial charge in [0.25, 0.3) is 0 Å². The van der Waals surface area contributed by atoms with E-state index in [1.165, 1.54) is 10.8 Å². The number of aromatic nitrogens is 5. The molecular formula is C10H13N7O2S. The van der Waals surface area contributed by atoms with E-state index in [1.54, 1.807) is 6.07 Å². The highest BCUT2D eigenvalue weighted by Gasteiger charge is 2.15. The molecule has 10 heteroatoms. The predicted molar refractivity (Wildman–Crippen MR) is 71.8 cm³/mol. The van der Waals surface area contributed by atoms with Crippen molar-refractivity contribution < 1.29 is 5.21 Å². The van der Waals surface area contributed by atoms with Crippen molar-refractivity contribution >= 4 is 17.6 Å².